The summed E-state index contributed by atoms with van der Waals surface area (Å²) in [5.41, 5.74) is 5.70. The molecule has 7 heteroatoms. The number of carbonyl (C=O) groups excluding carboxylic acids is 1. The van der Waals surface area contributed by atoms with Gasteiger partial charge in [-0.2, -0.15) is 0 Å². The Kier molecular flexibility index (Phi) is 8.78. The van der Waals surface area contributed by atoms with E-state index >= 15 is 0 Å². The van der Waals surface area contributed by atoms with Gasteiger partial charge in [0.1, 0.15) is 5.01 Å². The Bertz CT molecular complexity index is 426. The van der Waals surface area contributed by atoms with Crippen molar-refractivity contribution < 1.29 is 4.79 Å². The normalized spacial score (nSPS) is 21.9. The van der Waals surface area contributed by atoms with Crippen LogP contribution in [0.4, 0.5) is 0 Å². The number of nitrogens with zero attached hydrogens (tertiary/aromatic N) is 1. The van der Waals surface area contributed by atoms with Gasteiger partial charge in [-0.05, 0) is 32.6 Å². The van der Waals surface area contributed by atoms with Gasteiger partial charge in [0.2, 0.25) is 5.91 Å². The Labute approximate surface area is 143 Å². The topological polar surface area (TPSA) is 68.0 Å². The van der Waals surface area contributed by atoms with E-state index in [0.29, 0.717) is 12.3 Å². The maximum absolute atomic E-state index is 12.2. The summed E-state index contributed by atoms with van der Waals surface area (Å²) in [5.74, 6) is 0.420. The zero-order valence-corrected chi connectivity index (χ0v) is 15.0. The van der Waals surface area contributed by atoms with Crippen LogP contribution in [0.25, 0.3) is 0 Å². The van der Waals surface area contributed by atoms with Gasteiger partial charge in [0.25, 0.3) is 0 Å². The smallest absolute Gasteiger partial charge is 0.221 e. The molecule has 0 saturated heterocycles. The molecule has 2 unspecified atom stereocenters. The lowest BCUT2D eigenvalue weighted by atomic mass is 9.82. The molecule has 0 spiro atoms. The molecule has 0 aromatic carbocycles. The van der Waals surface area contributed by atoms with Crippen LogP contribution in [0.15, 0.2) is 11.6 Å². The Morgan fingerprint density at radius 1 is 1.43 bits per heavy atom. The number of nitrogens with one attached hydrogen (secondary N) is 1. The van der Waals surface area contributed by atoms with E-state index in [9.17, 15) is 4.79 Å². The number of nitrogens with two attached hydrogens (primary N) is 1. The zero-order valence-electron chi connectivity index (χ0n) is 12.5. The summed E-state index contributed by atoms with van der Waals surface area (Å²) in [6.07, 6.45) is 6.83. The molecule has 4 nitrogen and oxygen atoms in total. The molecule has 122 valence electrons. The number of aromatic nitrogens is 1. The SMILES string of the molecule is CC(C)(NC(=O)CC1CCCCC1N)c1nccs1.Cl.Cl. The first-order valence-electron chi connectivity index (χ1n) is 6.95. The van der Waals surface area contributed by atoms with Crippen LogP contribution >= 0.6 is 36.2 Å². The van der Waals surface area contributed by atoms with E-state index in [0.717, 1.165) is 17.8 Å². The Balaban J connectivity index is 0.00000200. The summed E-state index contributed by atoms with van der Waals surface area (Å²) in [5, 5.41) is 5.95. The number of hydrogen-bond acceptors (Lipinski definition) is 4. The third kappa shape index (κ3) is 5.74. The summed E-state index contributed by atoms with van der Waals surface area (Å²) < 4.78 is 0. The van der Waals surface area contributed by atoms with Gasteiger partial charge in [-0.1, -0.05) is 12.8 Å². The lowest BCUT2D eigenvalue weighted by molar-refractivity contribution is -0.124. The first kappa shape index (κ1) is 20.6. The number of rotatable bonds is 4. The lowest BCUT2D eigenvalue weighted by Gasteiger charge is -2.30. The van der Waals surface area contributed by atoms with Crippen molar-refractivity contribution in [1.29, 1.82) is 0 Å². The van der Waals surface area contributed by atoms with Crippen molar-refractivity contribution >= 4 is 42.1 Å². The van der Waals surface area contributed by atoms with Crippen LogP contribution in [0.3, 0.4) is 0 Å². The highest BCUT2D eigenvalue weighted by molar-refractivity contribution is 7.09. The molecule has 1 heterocycles. The second-order valence-corrected chi connectivity index (χ2v) is 6.82. The van der Waals surface area contributed by atoms with Crippen LogP contribution in [-0.2, 0) is 10.3 Å². The van der Waals surface area contributed by atoms with Crippen molar-refractivity contribution in [2.24, 2.45) is 11.7 Å². The molecule has 1 saturated carbocycles. The molecule has 21 heavy (non-hydrogen) atoms. The minimum absolute atomic E-state index is 0. The molecule has 1 amide bonds. The zero-order chi connectivity index (χ0) is 13.9. The maximum atomic E-state index is 12.2. The standard InChI is InChI=1S/C14H23N3OS.2ClH/c1-14(2,13-16-7-8-19-13)17-12(18)9-10-5-3-4-6-11(10)15;;/h7-8,10-11H,3-6,9,15H2,1-2H3,(H,17,18);2*1H. The van der Waals surface area contributed by atoms with Gasteiger partial charge >= 0.3 is 0 Å². The van der Waals surface area contributed by atoms with Crippen LogP contribution in [0.2, 0.25) is 0 Å². The third-order valence-electron chi connectivity index (χ3n) is 3.83. The van der Waals surface area contributed by atoms with E-state index in [-0.39, 0.29) is 36.8 Å². The lowest BCUT2D eigenvalue weighted by Crippen LogP contribution is -2.43. The third-order valence-corrected chi connectivity index (χ3v) is 4.93. The fourth-order valence-corrected chi connectivity index (χ4v) is 3.43. The van der Waals surface area contributed by atoms with E-state index in [1.807, 2.05) is 19.2 Å². The predicted octanol–water partition coefficient (Wildman–Crippen LogP) is 3.25. The molecule has 3 N–H and O–H groups in total. The average Bonchev–Trinajstić information content (AvgIpc) is 2.85. The summed E-state index contributed by atoms with van der Waals surface area (Å²) in [6.45, 7) is 3.98. The van der Waals surface area contributed by atoms with Crippen LogP contribution in [0, 0.1) is 5.92 Å². The van der Waals surface area contributed by atoms with Crippen molar-refractivity contribution in [3.05, 3.63) is 16.6 Å². The molecule has 1 aliphatic rings. The average molecular weight is 354 g/mol. The molecular formula is C14H25Cl2N3OS. The van der Waals surface area contributed by atoms with Crippen molar-refractivity contribution in [3.63, 3.8) is 0 Å². The van der Waals surface area contributed by atoms with E-state index in [2.05, 4.69) is 10.3 Å². The van der Waals surface area contributed by atoms with E-state index in [1.165, 1.54) is 12.8 Å². The highest BCUT2D eigenvalue weighted by Crippen LogP contribution is 2.27. The van der Waals surface area contributed by atoms with Gasteiger partial charge in [-0.15, -0.1) is 36.2 Å². The van der Waals surface area contributed by atoms with Crippen molar-refractivity contribution in [2.45, 2.75) is 57.5 Å². The van der Waals surface area contributed by atoms with Gasteiger partial charge < -0.3 is 11.1 Å². The van der Waals surface area contributed by atoms with Gasteiger partial charge in [-0.3, -0.25) is 4.79 Å². The molecule has 0 aliphatic heterocycles. The largest absolute Gasteiger partial charge is 0.345 e. The second kappa shape index (κ2) is 8.93. The first-order chi connectivity index (χ1) is 8.99. The summed E-state index contributed by atoms with van der Waals surface area (Å²) in [7, 11) is 0. The quantitative estimate of drug-likeness (QED) is 0.872. The van der Waals surface area contributed by atoms with E-state index in [1.54, 1.807) is 17.5 Å². The van der Waals surface area contributed by atoms with E-state index in [4.69, 9.17) is 5.73 Å². The van der Waals surface area contributed by atoms with Crippen molar-refractivity contribution in [3.8, 4) is 0 Å². The fourth-order valence-electron chi connectivity index (χ4n) is 2.71. The van der Waals surface area contributed by atoms with Crippen LogP contribution in [0.5, 0.6) is 0 Å². The molecule has 1 aromatic rings. The molecule has 1 aliphatic carbocycles. The maximum Gasteiger partial charge on any atom is 0.221 e. The number of thiazole rings is 1. The van der Waals surface area contributed by atoms with Crippen molar-refractivity contribution in [1.82, 2.24) is 10.3 Å². The molecule has 0 bridgehead atoms. The minimum atomic E-state index is -0.399. The summed E-state index contributed by atoms with van der Waals surface area (Å²) in [4.78, 5) is 16.5. The van der Waals surface area contributed by atoms with E-state index < -0.39 is 5.54 Å². The number of carbonyl (C=O) groups is 1. The fraction of sp³-hybridized carbons (Fsp3) is 0.714. The summed E-state index contributed by atoms with van der Waals surface area (Å²) >= 11 is 1.57. The Morgan fingerprint density at radius 3 is 2.67 bits per heavy atom. The predicted molar refractivity (Wildman–Crippen MR) is 92.3 cm³/mol. The van der Waals surface area contributed by atoms with Gasteiger partial charge in [0.05, 0.1) is 5.54 Å². The number of hydrogen-bond donors (Lipinski definition) is 2. The highest BCUT2D eigenvalue weighted by Gasteiger charge is 2.29. The highest BCUT2D eigenvalue weighted by atomic mass is 35.5. The number of amides is 1. The first-order valence-corrected chi connectivity index (χ1v) is 7.83. The Hall–Kier alpha value is -0.360. The van der Waals surface area contributed by atoms with Gasteiger partial charge in [0.15, 0.2) is 0 Å². The molecule has 1 fully saturated rings. The second-order valence-electron chi connectivity index (χ2n) is 5.92. The van der Waals surface area contributed by atoms with Crippen LogP contribution in [-0.4, -0.2) is 16.9 Å². The minimum Gasteiger partial charge on any atom is -0.345 e. The van der Waals surface area contributed by atoms with Crippen LogP contribution in [0.1, 0.15) is 51.0 Å². The Morgan fingerprint density at radius 2 is 2.10 bits per heavy atom. The molecule has 1 aromatic heterocycles. The summed E-state index contributed by atoms with van der Waals surface area (Å²) in [6, 6.07) is 0.183. The van der Waals surface area contributed by atoms with Crippen molar-refractivity contribution in [2.75, 3.05) is 0 Å². The molecule has 2 rings (SSSR count). The van der Waals surface area contributed by atoms with Crippen LogP contribution < -0.4 is 11.1 Å². The number of halogens is 2. The molecule has 0 radical (unpaired) electrons. The van der Waals surface area contributed by atoms with Gasteiger partial charge in [0, 0.05) is 24.0 Å². The van der Waals surface area contributed by atoms with Gasteiger partial charge in [-0.25, -0.2) is 4.98 Å². The monoisotopic (exact) mass is 353 g/mol. The molecule has 2 atom stereocenters. The molecular weight excluding hydrogens is 329 g/mol.